The first-order chi connectivity index (χ1) is 15.4. The van der Waals surface area contributed by atoms with Crippen molar-refractivity contribution in [3.63, 3.8) is 0 Å². The number of para-hydroxylation sites is 1. The number of nitrogens with one attached hydrogen (secondary N) is 3. The highest BCUT2D eigenvalue weighted by Crippen LogP contribution is 2.46. The minimum Gasteiger partial charge on any atom is -0.309 e. The molecule has 33 heavy (non-hydrogen) atoms. The Morgan fingerprint density at radius 2 is 1.58 bits per heavy atom. The summed E-state index contributed by atoms with van der Waals surface area (Å²) in [5, 5.41) is 1.88. The van der Waals surface area contributed by atoms with Crippen molar-refractivity contribution in [3.8, 4) is 5.69 Å². The SMILES string of the molecule is Cc1ccc(S(=O)(=O)N[C@@]2(C(F)(F)F)C(=O)Nc3c2c(=O)[nH]c(=O)n3-c2ccccc2)cc1. The number of aromatic nitrogens is 2. The summed E-state index contributed by atoms with van der Waals surface area (Å²) in [6, 6.07) is 12.1. The molecule has 3 N–H and O–H groups in total. The molecule has 172 valence electrons. The summed E-state index contributed by atoms with van der Waals surface area (Å²) in [4.78, 5) is 39.0. The van der Waals surface area contributed by atoms with Gasteiger partial charge in [0.1, 0.15) is 5.82 Å². The van der Waals surface area contributed by atoms with Crippen LogP contribution in [-0.4, -0.2) is 30.1 Å². The molecule has 1 aliphatic heterocycles. The quantitative estimate of drug-likeness (QED) is 0.521. The van der Waals surface area contributed by atoms with Crippen LogP contribution in [0.3, 0.4) is 0 Å². The Morgan fingerprint density at radius 1 is 0.970 bits per heavy atom. The molecule has 13 heteroatoms. The monoisotopic (exact) mass is 480 g/mol. The Hall–Kier alpha value is -3.71. The topological polar surface area (TPSA) is 130 Å². The summed E-state index contributed by atoms with van der Waals surface area (Å²) in [5.41, 5.74) is -7.28. The normalized spacial score (nSPS) is 18.1. The van der Waals surface area contributed by atoms with Gasteiger partial charge in [-0.1, -0.05) is 35.9 Å². The number of carbonyl (C=O) groups excluding carboxylic acids is 1. The number of H-pyrrole nitrogens is 1. The molecule has 2 aromatic carbocycles. The number of alkyl halides is 3. The summed E-state index contributed by atoms with van der Waals surface area (Å²) in [5.74, 6) is -2.66. The predicted molar refractivity (Wildman–Crippen MR) is 111 cm³/mol. The van der Waals surface area contributed by atoms with Gasteiger partial charge in [-0.05, 0) is 31.2 Å². The van der Waals surface area contributed by atoms with Gasteiger partial charge in [0.15, 0.2) is 0 Å². The number of hydrogen-bond donors (Lipinski definition) is 3. The molecule has 0 saturated heterocycles. The number of anilines is 1. The van der Waals surface area contributed by atoms with E-state index in [1.807, 2.05) is 5.32 Å². The van der Waals surface area contributed by atoms with Crippen LogP contribution in [-0.2, 0) is 20.4 Å². The van der Waals surface area contributed by atoms with E-state index in [9.17, 15) is 36.0 Å². The smallest absolute Gasteiger partial charge is 0.309 e. The number of halogens is 3. The molecule has 0 radical (unpaired) electrons. The van der Waals surface area contributed by atoms with E-state index in [0.717, 1.165) is 12.1 Å². The zero-order valence-electron chi connectivity index (χ0n) is 16.7. The Bertz CT molecular complexity index is 1480. The first-order valence-electron chi connectivity index (χ1n) is 9.32. The van der Waals surface area contributed by atoms with Crippen LogP contribution in [0.5, 0.6) is 0 Å². The largest absolute Gasteiger partial charge is 0.421 e. The molecule has 0 aliphatic carbocycles. The van der Waals surface area contributed by atoms with Crippen molar-refractivity contribution in [2.45, 2.75) is 23.5 Å². The molecule has 4 rings (SSSR count). The highest BCUT2D eigenvalue weighted by atomic mass is 32.2. The van der Waals surface area contributed by atoms with Gasteiger partial charge in [-0.25, -0.2) is 17.8 Å². The fourth-order valence-electron chi connectivity index (χ4n) is 3.54. The highest BCUT2D eigenvalue weighted by Gasteiger charge is 2.69. The van der Waals surface area contributed by atoms with E-state index in [4.69, 9.17) is 0 Å². The maximum atomic E-state index is 14.4. The van der Waals surface area contributed by atoms with Gasteiger partial charge < -0.3 is 5.32 Å². The van der Waals surface area contributed by atoms with Crippen LogP contribution >= 0.6 is 0 Å². The average Bonchev–Trinajstić information content (AvgIpc) is 3.01. The number of aryl methyl sites for hydroxylation is 1. The molecule has 0 fully saturated rings. The minimum absolute atomic E-state index is 0.0367. The summed E-state index contributed by atoms with van der Waals surface area (Å²) < 4.78 is 71.1. The van der Waals surface area contributed by atoms with Crippen LogP contribution in [0.25, 0.3) is 5.69 Å². The van der Waals surface area contributed by atoms with E-state index in [0.29, 0.717) is 10.1 Å². The number of benzene rings is 2. The molecule has 1 amide bonds. The van der Waals surface area contributed by atoms with Gasteiger partial charge in [0.05, 0.1) is 16.1 Å². The van der Waals surface area contributed by atoms with Crippen molar-refractivity contribution >= 4 is 21.7 Å². The number of hydrogen-bond acceptors (Lipinski definition) is 5. The van der Waals surface area contributed by atoms with Gasteiger partial charge in [0, 0.05) is 0 Å². The van der Waals surface area contributed by atoms with Gasteiger partial charge in [-0.3, -0.25) is 14.6 Å². The molecule has 0 saturated carbocycles. The van der Waals surface area contributed by atoms with E-state index in [1.54, 1.807) is 18.0 Å². The molecule has 1 atom stereocenters. The average molecular weight is 480 g/mol. The van der Waals surface area contributed by atoms with E-state index in [1.165, 1.54) is 41.1 Å². The van der Waals surface area contributed by atoms with E-state index in [2.05, 4.69) is 0 Å². The second-order valence-corrected chi connectivity index (χ2v) is 8.96. The summed E-state index contributed by atoms with van der Waals surface area (Å²) in [7, 11) is -4.95. The number of fused-ring (bicyclic) bond motifs is 1. The number of carbonyl (C=O) groups is 1. The lowest BCUT2D eigenvalue weighted by atomic mass is 9.93. The lowest BCUT2D eigenvalue weighted by molar-refractivity contribution is -0.194. The first kappa shape index (κ1) is 22.5. The lowest BCUT2D eigenvalue weighted by Crippen LogP contribution is -2.61. The van der Waals surface area contributed by atoms with Crippen molar-refractivity contribution in [2.24, 2.45) is 0 Å². The minimum atomic E-state index is -5.59. The molecule has 1 aromatic heterocycles. The van der Waals surface area contributed by atoms with Crippen molar-refractivity contribution in [2.75, 3.05) is 5.32 Å². The number of aromatic amines is 1. The second kappa shape index (κ2) is 7.42. The third-order valence-electron chi connectivity index (χ3n) is 5.12. The van der Waals surface area contributed by atoms with E-state index >= 15 is 0 Å². The summed E-state index contributed by atoms with van der Waals surface area (Å²) in [6.45, 7) is 1.64. The van der Waals surface area contributed by atoms with Crippen LogP contribution in [0.1, 0.15) is 11.1 Å². The molecule has 0 spiro atoms. The fraction of sp³-hybridized carbons (Fsp3) is 0.150. The van der Waals surface area contributed by atoms with Crippen LogP contribution in [0, 0.1) is 6.92 Å². The van der Waals surface area contributed by atoms with Crippen LogP contribution in [0.15, 0.2) is 69.1 Å². The molecule has 0 bridgehead atoms. The van der Waals surface area contributed by atoms with Crippen molar-refractivity contribution in [3.05, 3.63) is 86.6 Å². The zero-order valence-corrected chi connectivity index (χ0v) is 17.5. The summed E-state index contributed by atoms with van der Waals surface area (Å²) in [6.07, 6.45) is -5.59. The van der Waals surface area contributed by atoms with Crippen LogP contribution in [0.2, 0.25) is 0 Å². The molecule has 1 aliphatic rings. The third kappa shape index (κ3) is 3.45. The lowest BCUT2D eigenvalue weighted by Gasteiger charge is -2.29. The molecular weight excluding hydrogens is 465 g/mol. The Morgan fingerprint density at radius 3 is 2.15 bits per heavy atom. The standard InChI is InChI=1S/C20H15F3N4O5S/c1-11-7-9-13(10-8-11)33(31,32)26-19(20(21,22)23)14-15(24-17(19)29)27(18(30)25-16(14)28)12-5-3-2-4-6-12/h2-10,26H,1H3,(H,24,29)(H,25,28,30)/t19-/m1/s1. The Labute approximate surface area is 183 Å². The number of sulfonamides is 1. The first-order valence-corrected chi connectivity index (χ1v) is 10.8. The van der Waals surface area contributed by atoms with Crippen LogP contribution < -0.4 is 21.3 Å². The van der Waals surface area contributed by atoms with Crippen LogP contribution in [0.4, 0.5) is 19.0 Å². The maximum Gasteiger partial charge on any atom is 0.421 e. The maximum absolute atomic E-state index is 14.4. The van der Waals surface area contributed by atoms with E-state index < -0.39 is 55.2 Å². The Balaban J connectivity index is 2.02. The van der Waals surface area contributed by atoms with Gasteiger partial charge in [0.25, 0.3) is 11.5 Å². The van der Waals surface area contributed by atoms with Gasteiger partial charge in [0.2, 0.25) is 15.6 Å². The third-order valence-corrected chi connectivity index (χ3v) is 6.58. The molecule has 0 unspecified atom stereocenters. The molecule has 3 aromatic rings. The van der Waals surface area contributed by atoms with Gasteiger partial charge in [-0.15, -0.1) is 0 Å². The number of amides is 1. The number of rotatable bonds is 4. The second-order valence-electron chi connectivity index (χ2n) is 7.27. The van der Waals surface area contributed by atoms with Gasteiger partial charge >= 0.3 is 11.9 Å². The van der Waals surface area contributed by atoms with Crippen molar-refractivity contribution in [1.29, 1.82) is 0 Å². The van der Waals surface area contributed by atoms with Crippen molar-refractivity contribution < 1.29 is 26.4 Å². The fourth-order valence-corrected chi connectivity index (χ4v) is 4.87. The molecule has 9 nitrogen and oxygen atoms in total. The van der Waals surface area contributed by atoms with Gasteiger partial charge in [-0.2, -0.15) is 17.9 Å². The predicted octanol–water partition coefficient (Wildman–Crippen LogP) is 1.52. The van der Waals surface area contributed by atoms with Crippen molar-refractivity contribution in [1.82, 2.24) is 14.3 Å². The number of nitrogens with zero attached hydrogens (tertiary/aromatic N) is 1. The summed E-state index contributed by atoms with van der Waals surface area (Å²) >= 11 is 0. The Kier molecular flexibility index (Phi) is 5.05. The molecular formula is C20H15F3N4O5S. The zero-order chi connectivity index (χ0) is 24.2. The highest BCUT2D eigenvalue weighted by molar-refractivity contribution is 7.89. The molecule has 2 heterocycles. The van der Waals surface area contributed by atoms with E-state index in [-0.39, 0.29) is 5.69 Å².